The summed E-state index contributed by atoms with van der Waals surface area (Å²) in [6.45, 7) is 4.83. The third-order valence-electron chi connectivity index (χ3n) is 2.94. The maximum atomic E-state index is 6.02. The van der Waals surface area contributed by atoms with Gasteiger partial charge in [0.2, 0.25) is 0 Å². The lowest BCUT2D eigenvalue weighted by Gasteiger charge is -2.12. The number of benzene rings is 2. The van der Waals surface area contributed by atoms with Gasteiger partial charge >= 0.3 is 0 Å². The van der Waals surface area contributed by atoms with Crippen LogP contribution in [0.15, 0.2) is 36.4 Å². The molecule has 0 aliphatic carbocycles. The van der Waals surface area contributed by atoms with Crippen LogP contribution in [-0.2, 0) is 6.54 Å². The highest BCUT2D eigenvalue weighted by molar-refractivity contribution is 6.31. The number of rotatable bonds is 4. The Balaban J connectivity index is 2.29. The molecular weight excluding hydrogens is 258 g/mol. The molecule has 0 saturated heterocycles. The second-order valence-corrected chi connectivity index (χ2v) is 5.06. The summed E-state index contributed by atoms with van der Waals surface area (Å²) in [5, 5.41) is 3.91. The maximum Gasteiger partial charge on any atom is 0.131 e. The average Bonchev–Trinajstić information content (AvgIpc) is 2.37. The second-order valence-electron chi connectivity index (χ2n) is 4.65. The van der Waals surface area contributed by atoms with Crippen molar-refractivity contribution in [2.24, 2.45) is 0 Å². The van der Waals surface area contributed by atoms with Crippen LogP contribution in [0.4, 0.5) is 0 Å². The van der Waals surface area contributed by atoms with E-state index in [1.807, 2.05) is 38.2 Å². The van der Waals surface area contributed by atoms with E-state index in [0.29, 0.717) is 0 Å². The molecule has 1 N–H and O–H groups in total. The van der Waals surface area contributed by atoms with Gasteiger partial charge in [-0.15, -0.1) is 0 Å². The van der Waals surface area contributed by atoms with Crippen LogP contribution in [0.25, 0.3) is 0 Å². The fraction of sp³-hybridized carbons (Fsp3) is 0.250. The predicted octanol–water partition coefficient (Wildman–Crippen LogP) is 4.47. The number of hydrogen-bond donors (Lipinski definition) is 1. The van der Waals surface area contributed by atoms with E-state index in [0.717, 1.165) is 34.2 Å². The molecular formula is C16H18ClNO. The molecule has 2 rings (SSSR count). The number of nitrogens with one attached hydrogen (secondary N) is 1. The molecule has 0 saturated carbocycles. The van der Waals surface area contributed by atoms with Gasteiger partial charge in [-0.2, -0.15) is 0 Å². The minimum absolute atomic E-state index is 0.756. The van der Waals surface area contributed by atoms with Crippen molar-refractivity contribution in [2.75, 3.05) is 7.05 Å². The topological polar surface area (TPSA) is 21.3 Å². The highest BCUT2D eigenvalue weighted by atomic mass is 35.5. The van der Waals surface area contributed by atoms with Crippen LogP contribution in [0.5, 0.6) is 11.5 Å². The SMILES string of the molecule is CNCc1cc(C)ccc1Oc1ccc(Cl)c(C)c1. The average molecular weight is 276 g/mol. The lowest BCUT2D eigenvalue weighted by atomic mass is 10.1. The van der Waals surface area contributed by atoms with Crippen molar-refractivity contribution in [3.8, 4) is 11.5 Å². The molecule has 3 heteroatoms. The van der Waals surface area contributed by atoms with Gasteiger partial charge < -0.3 is 10.1 Å². The molecule has 0 heterocycles. The Morgan fingerprint density at radius 1 is 1.11 bits per heavy atom. The Bertz CT molecular complexity index is 581. The molecule has 2 aromatic carbocycles. The number of ether oxygens (including phenoxy) is 1. The van der Waals surface area contributed by atoms with Crippen molar-refractivity contribution in [1.29, 1.82) is 0 Å². The van der Waals surface area contributed by atoms with Crippen molar-refractivity contribution < 1.29 is 4.74 Å². The van der Waals surface area contributed by atoms with Crippen LogP contribution in [-0.4, -0.2) is 7.05 Å². The zero-order valence-electron chi connectivity index (χ0n) is 11.5. The molecule has 100 valence electrons. The molecule has 0 fully saturated rings. The van der Waals surface area contributed by atoms with Gasteiger partial charge in [-0.3, -0.25) is 0 Å². The molecule has 0 atom stereocenters. The predicted molar refractivity (Wildman–Crippen MR) is 80.2 cm³/mol. The number of hydrogen-bond acceptors (Lipinski definition) is 2. The standard InChI is InChI=1S/C16H18ClNO/c1-11-4-7-16(13(8-11)10-18-3)19-14-5-6-15(17)12(2)9-14/h4-9,18H,10H2,1-3H3. The zero-order chi connectivity index (χ0) is 13.8. The Morgan fingerprint density at radius 2 is 1.89 bits per heavy atom. The first-order valence-corrected chi connectivity index (χ1v) is 6.66. The van der Waals surface area contributed by atoms with E-state index in [1.165, 1.54) is 5.56 Å². The molecule has 0 amide bonds. The molecule has 0 spiro atoms. The second kappa shape index (κ2) is 6.09. The third kappa shape index (κ3) is 3.49. The molecule has 0 aliphatic rings. The number of halogens is 1. The number of aryl methyl sites for hydroxylation is 2. The Morgan fingerprint density at radius 3 is 2.58 bits per heavy atom. The van der Waals surface area contributed by atoms with Crippen LogP contribution in [0.3, 0.4) is 0 Å². The molecule has 0 unspecified atom stereocenters. The van der Waals surface area contributed by atoms with Crippen molar-refractivity contribution in [3.05, 3.63) is 58.1 Å². The van der Waals surface area contributed by atoms with Crippen LogP contribution in [0, 0.1) is 13.8 Å². The summed E-state index contributed by atoms with van der Waals surface area (Å²) in [4.78, 5) is 0. The summed E-state index contributed by atoms with van der Waals surface area (Å²) in [6, 6.07) is 11.9. The summed E-state index contributed by atoms with van der Waals surface area (Å²) in [6.07, 6.45) is 0. The fourth-order valence-corrected chi connectivity index (χ4v) is 2.06. The smallest absolute Gasteiger partial charge is 0.131 e. The van der Waals surface area contributed by atoms with Gasteiger partial charge in [0.05, 0.1) is 0 Å². The third-order valence-corrected chi connectivity index (χ3v) is 3.36. The van der Waals surface area contributed by atoms with Gasteiger partial charge in [0, 0.05) is 17.1 Å². The van der Waals surface area contributed by atoms with E-state index in [-0.39, 0.29) is 0 Å². The summed E-state index contributed by atoms with van der Waals surface area (Å²) in [7, 11) is 1.93. The quantitative estimate of drug-likeness (QED) is 0.889. The minimum atomic E-state index is 0.756. The van der Waals surface area contributed by atoms with Crippen LogP contribution in [0.2, 0.25) is 5.02 Å². The summed E-state index contributed by atoms with van der Waals surface area (Å²) in [5.74, 6) is 1.68. The Kier molecular flexibility index (Phi) is 4.46. The lowest BCUT2D eigenvalue weighted by Crippen LogP contribution is -2.06. The van der Waals surface area contributed by atoms with Crippen molar-refractivity contribution in [3.63, 3.8) is 0 Å². The van der Waals surface area contributed by atoms with Crippen LogP contribution < -0.4 is 10.1 Å². The largest absolute Gasteiger partial charge is 0.457 e. The van der Waals surface area contributed by atoms with E-state index in [9.17, 15) is 0 Å². The van der Waals surface area contributed by atoms with Crippen molar-refractivity contribution in [2.45, 2.75) is 20.4 Å². The van der Waals surface area contributed by atoms with E-state index < -0.39 is 0 Å². The molecule has 0 bridgehead atoms. The normalized spacial score (nSPS) is 10.5. The monoisotopic (exact) mass is 275 g/mol. The van der Waals surface area contributed by atoms with Gasteiger partial charge in [0.15, 0.2) is 0 Å². The first kappa shape index (κ1) is 13.9. The van der Waals surface area contributed by atoms with Crippen molar-refractivity contribution >= 4 is 11.6 Å². The fourth-order valence-electron chi connectivity index (χ4n) is 1.94. The molecule has 19 heavy (non-hydrogen) atoms. The Hall–Kier alpha value is -1.51. The molecule has 2 aromatic rings. The zero-order valence-corrected chi connectivity index (χ0v) is 12.2. The molecule has 0 radical (unpaired) electrons. The van der Waals surface area contributed by atoms with Crippen LogP contribution >= 0.6 is 11.6 Å². The van der Waals surface area contributed by atoms with E-state index in [1.54, 1.807) is 0 Å². The van der Waals surface area contributed by atoms with Crippen LogP contribution in [0.1, 0.15) is 16.7 Å². The maximum absolute atomic E-state index is 6.02. The first-order chi connectivity index (χ1) is 9.10. The van der Waals surface area contributed by atoms with Gasteiger partial charge in [-0.25, -0.2) is 0 Å². The van der Waals surface area contributed by atoms with Crippen molar-refractivity contribution in [1.82, 2.24) is 5.32 Å². The minimum Gasteiger partial charge on any atom is -0.457 e. The van der Waals surface area contributed by atoms with Gasteiger partial charge in [-0.05, 0) is 50.7 Å². The highest BCUT2D eigenvalue weighted by Crippen LogP contribution is 2.28. The molecule has 0 aromatic heterocycles. The Labute approximate surface area is 119 Å². The van der Waals surface area contributed by atoms with Gasteiger partial charge in [0.25, 0.3) is 0 Å². The van der Waals surface area contributed by atoms with Gasteiger partial charge in [-0.1, -0.05) is 29.3 Å². The summed E-state index contributed by atoms with van der Waals surface area (Å²) >= 11 is 6.02. The molecule has 2 nitrogen and oxygen atoms in total. The first-order valence-electron chi connectivity index (χ1n) is 6.28. The van der Waals surface area contributed by atoms with E-state index >= 15 is 0 Å². The van der Waals surface area contributed by atoms with E-state index in [2.05, 4.69) is 24.4 Å². The van der Waals surface area contributed by atoms with E-state index in [4.69, 9.17) is 16.3 Å². The summed E-state index contributed by atoms with van der Waals surface area (Å²) in [5.41, 5.74) is 3.39. The van der Waals surface area contributed by atoms with Gasteiger partial charge in [0.1, 0.15) is 11.5 Å². The lowest BCUT2D eigenvalue weighted by molar-refractivity contribution is 0.474. The highest BCUT2D eigenvalue weighted by Gasteiger charge is 2.06. The molecule has 0 aliphatic heterocycles. The summed E-state index contributed by atoms with van der Waals surface area (Å²) < 4.78 is 5.95.